The second-order valence-corrected chi connectivity index (χ2v) is 5.13. The lowest BCUT2D eigenvalue weighted by Crippen LogP contribution is -2.43. The molecule has 0 radical (unpaired) electrons. The summed E-state index contributed by atoms with van der Waals surface area (Å²) in [7, 11) is 0. The fraction of sp³-hybridized carbons (Fsp3) is 0.333. The zero-order valence-corrected chi connectivity index (χ0v) is 9.88. The minimum absolute atomic E-state index is 0.156. The number of nitrogens with two attached hydrogens (primary N) is 1. The highest BCUT2D eigenvalue weighted by Crippen LogP contribution is 2.42. The van der Waals surface area contributed by atoms with Gasteiger partial charge in [-0.1, -0.05) is 12.1 Å². The molecular weight excluding hydrogens is 254 g/mol. The molecule has 0 saturated heterocycles. The number of furan rings is 1. The lowest BCUT2D eigenvalue weighted by molar-refractivity contribution is 0.253. The summed E-state index contributed by atoms with van der Waals surface area (Å²) in [6.45, 7) is 0. The maximum Gasteiger partial charge on any atom is 0.140 e. The first-order valence-electron chi connectivity index (χ1n) is 5.16. The van der Waals surface area contributed by atoms with Gasteiger partial charge >= 0.3 is 0 Å². The van der Waals surface area contributed by atoms with E-state index in [1.54, 1.807) is 6.26 Å². The van der Waals surface area contributed by atoms with Crippen molar-refractivity contribution < 1.29 is 4.42 Å². The lowest BCUT2D eigenvalue weighted by Gasteiger charge is -2.38. The summed E-state index contributed by atoms with van der Waals surface area (Å²) in [4.78, 5) is 0. The van der Waals surface area contributed by atoms with Gasteiger partial charge < -0.3 is 10.2 Å². The van der Waals surface area contributed by atoms with E-state index in [-0.39, 0.29) is 5.54 Å². The van der Waals surface area contributed by atoms with Crippen LogP contribution < -0.4 is 5.73 Å². The molecule has 78 valence electrons. The smallest absolute Gasteiger partial charge is 0.140 e. The van der Waals surface area contributed by atoms with Crippen molar-refractivity contribution in [3.63, 3.8) is 0 Å². The Bertz CT molecular complexity index is 513. The largest absolute Gasteiger partial charge is 0.463 e. The SMILES string of the molecule is NC1(c2cccc3c(Br)coc23)CCC1. The Morgan fingerprint density at radius 3 is 2.80 bits per heavy atom. The Labute approximate surface area is 96.6 Å². The summed E-state index contributed by atoms with van der Waals surface area (Å²) in [5.41, 5.74) is 8.25. The minimum atomic E-state index is -0.156. The van der Waals surface area contributed by atoms with Crippen molar-refractivity contribution in [1.29, 1.82) is 0 Å². The van der Waals surface area contributed by atoms with Crippen molar-refractivity contribution in [3.05, 3.63) is 34.5 Å². The number of hydrogen-bond acceptors (Lipinski definition) is 2. The highest BCUT2D eigenvalue weighted by atomic mass is 79.9. The van der Waals surface area contributed by atoms with Crippen LogP contribution in [0.5, 0.6) is 0 Å². The van der Waals surface area contributed by atoms with Crippen molar-refractivity contribution in [2.75, 3.05) is 0 Å². The molecule has 1 aromatic heterocycles. The van der Waals surface area contributed by atoms with Crippen LogP contribution in [0.15, 0.2) is 33.4 Å². The number of rotatable bonds is 1. The predicted molar refractivity (Wildman–Crippen MR) is 63.6 cm³/mol. The van der Waals surface area contributed by atoms with Crippen molar-refractivity contribution in [3.8, 4) is 0 Å². The Balaban J connectivity index is 2.26. The van der Waals surface area contributed by atoms with Crippen molar-refractivity contribution >= 4 is 26.9 Å². The topological polar surface area (TPSA) is 39.2 Å². The summed E-state index contributed by atoms with van der Waals surface area (Å²) >= 11 is 3.47. The molecule has 1 heterocycles. The second-order valence-electron chi connectivity index (χ2n) is 4.28. The Kier molecular flexibility index (Phi) is 1.94. The van der Waals surface area contributed by atoms with Crippen LogP contribution in [0.1, 0.15) is 24.8 Å². The molecule has 1 fully saturated rings. The van der Waals surface area contributed by atoms with Crippen LogP contribution in [0.2, 0.25) is 0 Å². The van der Waals surface area contributed by atoms with E-state index in [2.05, 4.69) is 28.1 Å². The van der Waals surface area contributed by atoms with Gasteiger partial charge in [0.05, 0.1) is 4.47 Å². The van der Waals surface area contributed by atoms with Crippen LogP contribution in [0.3, 0.4) is 0 Å². The first-order chi connectivity index (χ1) is 7.21. The predicted octanol–water partition coefficient (Wildman–Crippen LogP) is 3.53. The number of halogens is 1. The monoisotopic (exact) mass is 265 g/mol. The first-order valence-corrected chi connectivity index (χ1v) is 5.95. The third-order valence-corrected chi connectivity index (χ3v) is 3.95. The van der Waals surface area contributed by atoms with Crippen LogP contribution >= 0.6 is 15.9 Å². The van der Waals surface area contributed by atoms with Gasteiger partial charge in [0.2, 0.25) is 0 Å². The molecule has 1 saturated carbocycles. The maximum atomic E-state index is 6.32. The fourth-order valence-electron chi connectivity index (χ4n) is 2.25. The standard InChI is InChI=1S/C12H12BrNO/c13-10-7-15-11-8(10)3-1-4-9(11)12(14)5-2-6-12/h1,3-4,7H,2,5-6,14H2. The lowest BCUT2D eigenvalue weighted by atomic mass is 9.72. The van der Waals surface area contributed by atoms with E-state index >= 15 is 0 Å². The normalized spacial score (nSPS) is 19.1. The van der Waals surface area contributed by atoms with Crippen LogP contribution in [0, 0.1) is 0 Å². The first kappa shape index (κ1) is 9.43. The van der Waals surface area contributed by atoms with E-state index in [9.17, 15) is 0 Å². The second kappa shape index (κ2) is 3.09. The molecule has 1 aliphatic rings. The molecule has 0 bridgehead atoms. The van der Waals surface area contributed by atoms with E-state index in [1.165, 1.54) is 6.42 Å². The molecule has 1 aromatic carbocycles. The third-order valence-electron chi connectivity index (χ3n) is 3.33. The number of benzene rings is 1. The summed E-state index contributed by atoms with van der Waals surface area (Å²) in [6.07, 6.45) is 5.07. The van der Waals surface area contributed by atoms with E-state index in [0.717, 1.165) is 33.8 Å². The van der Waals surface area contributed by atoms with E-state index in [4.69, 9.17) is 10.2 Å². The molecule has 3 rings (SSSR count). The molecular formula is C12H12BrNO. The van der Waals surface area contributed by atoms with Crippen LogP contribution in [-0.4, -0.2) is 0 Å². The van der Waals surface area contributed by atoms with Gasteiger partial charge in [-0.25, -0.2) is 0 Å². The summed E-state index contributed by atoms with van der Waals surface area (Å²) in [5, 5.41) is 1.12. The van der Waals surface area contributed by atoms with Gasteiger partial charge in [0, 0.05) is 16.5 Å². The molecule has 1 aliphatic carbocycles. The van der Waals surface area contributed by atoms with E-state index in [1.807, 2.05) is 6.07 Å². The fourth-order valence-corrected chi connectivity index (χ4v) is 2.65. The number of para-hydroxylation sites is 1. The summed E-state index contributed by atoms with van der Waals surface area (Å²) in [6, 6.07) is 6.18. The minimum Gasteiger partial charge on any atom is -0.463 e. The Hall–Kier alpha value is -0.800. The van der Waals surface area contributed by atoms with Crippen LogP contribution in [0.4, 0.5) is 0 Å². The highest BCUT2D eigenvalue weighted by molar-refractivity contribution is 9.10. The molecule has 0 aliphatic heterocycles. The average Bonchev–Trinajstić information content (AvgIpc) is 2.57. The third kappa shape index (κ3) is 1.26. The molecule has 2 N–H and O–H groups in total. The van der Waals surface area contributed by atoms with Crippen molar-refractivity contribution in [1.82, 2.24) is 0 Å². The number of fused-ring (bicyclic) bond motifs is 1. The molecule has 2 nitrogen and oxygen atoms in total. The van der Waals surface area contributed by atoms with Gasteiger partial charge in [0.15, 0.2) is 0 Å². The quantitative estimate of drug-likeness (QED) is 0.857. The van der Waals surface area contributed by atoms with Gasteiger partial charge in [-0.3, -0.25) is 0 Å². The van der Waals surface area contributed by atoms with E-state index in [0.29, 0.717) is 0 Å². The van der Waals surface area contributed by atoms with Crippen molar-refractivity contribution in [2.45, 2.75) is 24.8 Å². The molecule has 15 heavy (non-hydrogen) atoms. The molecule has 2 aromatic rings. The average molecular weight is 266 g/mol. The van der Waals surface area contributed by atoms with Gasteiger partial charge in [0.25, 0.3) is 0 Å². The van der Waals surface area contributed by atoms with E-state index < -0.39 is 0 Å². The van der Waals surface area contributed by atoms with Crippen LogP contribution in [0.25, 0.3) is 11.0 Å². The Morgan fingerprint density at radius 2 is 2.13 bits per heavy atom. The molecule has 0 atom stereocenters. The number of hydrogen-bond donors (Lipinski definition) is 1. The van der Waals surface area contributed by atoms with Gasteiger partial charge in [0.1, 0.15) is 11.8 Å². The molecule has 0 amide bonds. The van der Waals surface area contributed by atoms with Crippen molar-refractivity contribution in [2.24, 2.45) is 5.73 Å². The van der Waals surface area contributed by atoms with Crippen LogP contribution in [-0.2, 0) is 5.54 Å². The molecule has 0 spiro atoms. The highest BCUT2D eigenvalue weighted by Gasteiger charge is 2.36. The van der Waals surface area contributed by atoms with Gasteiger partial charge in [-0.05, 0) is 41.3 Å². The summed E-state index contributed by atoms with van der Waals surface area (Å²) in [5.74, 6) is 0. The Morgan fingerprint density at radius 1 is 1.33 bits per heavy atom. The maximum absolute atomic E-state index is 6.32. The van der Waals surface area contributed by atoms with Gasteiger partial charge in [-0.2, -0.15) is 0 Å². The molecule has 3 heteroatoms. The van der Waals surface area contributed by atoms with Gasteiger partial charge in [-0.15, -0.1) is 0 Å². The molecule has 0 unspecified atom stereocenters. The zero-order chi connectivity index (χ0) is 10.5. The zero-order valence-electron chi connectivity index (χ0n) is 8.29. The summed E-state index contributed by atoms with van der Waals surface area (Å²) < 4.78 is 6.58.